The molecular weight excluding hydrogens is 463 g/mol. The van der Waals surface area contributed by atoms with Gasteiger partial charge < -0.3 is 10.3 Å². The van der Waals surface area contributed by atoms with Crippen molar-refractivity contribution < 1.29 is 22.9 Å². The summed E-state index contributed by atoms with van der Waals surface area (Å²) < 4.78 is 38.5. The summed E-state index contributed by atoms with van der Waals surface area (Å²) in [6.45, 7) is 1.33. The van der Waals surface area contributed by atoms with Crippen LogP contribution in [0.4, 0.5) is 18.9 Å². The lowest BCUT2D eigenvalue weighted by Crippen LogP contribution is -2.35. The highest BCUT2D eigenvalue weighted by Crippen LogP contribution is 2.32. The number of halogens is 4. The zero-order valence-electron chi connectivity index (χ0n) is 16.9. The van der Waals surface area contributed by atoms with Crippen molar-refractivity contribution >= 4 is 39.8 Å². The van der Waals surface area contributed by atoms with Gasteiger partial charge in [-0.3, -0.25) is 14.9 Å². The number of nitro groups is 1. The van der Waals surface area contributed by atoms with Crippen LogP contribution >= 0.6 is 11.6 Å². The number of non-ortho nitro benzene ring substituents is 1. The first-order valence-corrected chi connectivity index (χ1v) is 9.99. The van der Waals surface area contributed by atoms with Gasteiger partial charge in [0, 0.05) is 22.7 Å². The van der Waals surface area contributed by atoms with Crippen molar-refractivity contribution in [3.05, 3.63) is 80.4 Å². The number of carbonyl (C=O) groups is 1. The van der Waals surface area contributed by atoms with E-state index < -0.39 is 28.7 Å². The average Bonchev–Trinajstić information content (AvgIpc) is 3.17. The van der Waals surface area contributed by atoms with Gasteiger partial charge in [0.2, 0.25) is 0 Å². The molecule has 8 nitrogen and oxygen atoms in total. The number of amides is 1. The Bertz CT molecular complexity index is 1350. The minimum atomic E-state index is -4.60. The third-order valence-corrected chi connectivity index (χ3v) is 5.40. The Morgan fingerprint density at radius 2 is 2.03 bits per heavy atom. The van der Waals surface area contributed by atoms with Gasteiger partial charge in [-0.05, 0) is 37.6 Å². The fourth-order valence-corrected chi connectivity index (χ4v) is 3.67. The van der Waals surface area contributed by atoms with Crippen LogP contribution in [-0.2, 0) is 6.18 Å². The summed E-state index contributed by atoms with van der Waals surface area (Å²) in [6, 6.07) is 5.53. The second-order valence-electron chi connectivity index (χ2n) is 7.32. The smallest absolute Gasteiger partial charge is 0.345 e. The molecule has 0 spiro atoms. The number of fused-ring (bicyclic) bond motifs is 1. The topological polar surface area (TPSA) is 114 Å². The standard InChI is InChI=1S/C21H15ClF3N5O3/c1-10-13(4-7-18(26-10)21(23,24)25)20(31)27-11-2-5-15(22)14(8-11)19-28-16-6-3-12(30(32)33)9-17(16)29-19/h3-9,11H,2H2,1H3,(H,27,31)(H,28,29). The number of hydrogen-bond donors (Lipinski definition) is 2. The van der Waals surface area contributed by atoms with Crippen molar-refractivity contribution in [2.24, 2.45) is 0 Å². The van der Waals surface area contributed by atoms with E-state index in [0.717, 1.165) is 12.1 Å². The Labute approximate surface area is 189 Å². The van der Waals surface area contributed by atoms with Crippen molar-refractivity contribution in [1.29, 1.82) is 0 Å². The predicted octanol–water partition coefficient (Wildman–Crippen LogP) is 4.90. The fourth-order valence-electron chi connectivity index (χ4n) is 3.43. The van der Waals surface area contributed by atoms with Gasteiger partial charge in [0.15, 0.2) is 0 Å². The van der Waals surface area contributed by atoms with Crippen LogP contribution in [0.1, 0.15) is 34.0 Å². The zero-order valence-corrected chi connectivity index (χ0v) is 17.7. The van der Waals surface area contributed by atoms with Crippen molar-refractivity contribution in [1.82, 2.24) is 20.3 Å². The summed E-state index contributed by atoms with van der Waals surface area (Å²) in [5.41, 5.74) is 0.235. The highest BCUT2D eigenvalue weighted by molar-refractivity contribution is 6.37. The number of pyridine rings is 1. The Morgan fingerprint density at radius 1 is 1.27 bits per heavy atom. The molecule has 0 saturated carbocycles. The van der Waals surface area contributed by atoms with E-state index in [1.54, 1.807) is 12.2 Å². The molecule has 3 aromatic rings. The van der Waals surface area contributed by atoms with Gasteiger partial charge in [-0.15, -0.1) is 0 Å². The van der Waals surface area contributed by atoms with E-state index >= 15 is 0 Å². The lowest BCUT2D eigenvalue weighted by molar-refractivity contribution is -0.384. The number of nitrogens with zero attached hydrogens (tertiary/aromatic N) is 3. The van der Waals surface area contributed by atoms with Crippen molar-refractivity contribution in [3.63, 3.8) is 0 Å². The minimum Gasteiger partial charge on any atom is -0.345 e. The van der Waals surface area contributed by atoms with Gasteiger partial charge in [-0.1, -0.05) is 17.7 Å². The quantitative estimate of drug-likeness (QED) is 0.409. The summed E-state index contributed by atoms with van der Waals surface area (Å²) in [4.78, 5) is 34.0. The van der Waals surface area contributed by atoms with Crippen molar-refractivity contribution in [3.8, 4) is 0 Å². The first kappa shape index (κ1) is 22.5. The number of nitro benzene ring substituents is 1. The number of imidazole rings is 1. The molecule has 12 heteroatoms. The number of aromatic nitrogens is 3. The molecule has 0 aliphatic heterocycles. The molecule has 1 atom stereocenters. The Balaban J connectivity index is 1.58. The normalized spacial score (nSPS) is 16.3. The average molecular weight is 478 g/mol. The summed E-state index contributed by atoms with van der Waals surface area (Å²) in [7, 11) is 0. The zero-order chi connectivity index (χ0) is 23.9. The van der Waals surface area contributed by atoms with Crippen LogP contribution in [0.2, 0.25) is 0 Å². The molecule has 1 unspecified atom stereocenters. The molecule has 0 fully saturated rings. The van der Waals surface area contributed by atoms with E-state index in [2.05, 4.69) is 20.3 Å². The molecule has 2 heterocycles. The van der Waals surface area contributed by atoms with Crippen LogP contribution in [0, 0.1) is 17.0 Å². The molecule has 170 valence electrons. The van der Waals surface area contributed by atoms with Gasteiger partial charge in [-0.2, -0.15) is 13.2 Å². The van der Waals surface area contributed by atoms with Gasteiger partial charge in [0.05, 0.1) is 33.3 Å². The second kappa shape index (κ2) is 8.32. The summed E-state index contributed by atoms with van der Waals surface area (Å²) in [5, 5.41) is 14.1. The Kier molecular flexibility index (Phi) is 5.66. The van der Waals surface area contributed by atoms with Crippen LogP contribution in [-0.4, -0.2) is 31.8 Å². The van der Waals surface area contributed by atoms with Crippen LogP contribution in [0.5, 0.6) is 0 Å². The number of allylic oxidation sites excluding steroid dienone is 2. The van der Waals surface area contributed by atoms with E-state index in [0.29, 0.717) is 33.9 Å². The molecular formula is C21H15ClF3N5O3. The first-order chi connectivity index (χ1) is 15.5. The number of H-pyrrole nitrogens is 1. The maximum atomic E-state index is 12.8. The fraction of sp³-hybridized carbons (Fsp3) is 0.190. The van der Waals surface area contributed by atoms with Gasteiger partial charge in [-0.25, -0.2) is 9.97 Å². The number of carbonyl (C=O) groups excluding carboxylic acids is 1. The second-order valence-corrected chi connectivity index (χ2v) is 7.73. The minimum absolute atomic E-state index is 0.0228. The van der Waals surface area contributed by atoms with Crippen LogP contribution < -0.4 is 5.32 Å². The number of aryl methyl sites for hydroxylation is 1. The summed E-state index contributed by atoms with van der Waals surface area (Å²) in [6.07, 6.45) is -0.906. The lowest BCUT2D eigenvalue weighted by Gasteiger charge is -2.20. The monoisotopic (exact) mass is 477 g/mol. The first-order valence-electron chi connectivity index (χ1n) is 9.61. The number of nitrogens with one attached hydrogen (secondary N) is 2. The molecule has 0 radical (unpaired) electrons. The van der Waals surface area contributed by atoms with E-state index in [-0.39, 0.29) is 16.9 Å². The van der Waals surface area contributed by atoms with Crippen LogP contribution in [0.25, 0.3) is 16.6 Å². The third-order valence-electron chi connectivity index (χ3n) is 5.04. The van der Waals surface area contributed by atoms with E-state index in [1.165, 1.54) is 25.1 Å². The molecule has 1 amide bonds. The number of aromatic amines is 1. The molecule has 2 N–H and O–H groups in total. The maximum absolute atomic E-state index is 12.8. The molecule has 2 aromatic heterocycles. The van der Waals surface area contributed by atoms with Gasteiger partial charge in [0.25, 0.3) is 11.6 Å². The van der Waals surface area contributed by atoms with Gasteiger partial charge in [0.1, 0.15) is 11.5 Å². The molecule has 1 aliphatic rings. The number of rotatable bonds is 4. The van der Waals surface area contributed by atoms with E-state index in [1.807, 2.05) is 0 Å². The van der Waals surface area contributed by atoms with E-state index in [9.17, 15) is 28.1 Å². The number of hydrogen-bond acceptors (Lipinski definition) is 5. The molecule has 33 heavy (non-hydrogen) atoms. The van der Waals surface area contributed by atoms with Crippen molar-refractivity contribution in [2.75, 3.05) is 0 Å². The predicted molar refractivity (Wildman–Crippen MR) is 115 cm³/mol. The molecule has 0 saturated heterocycles. The molecule has 1 aromatic carbocycles. The number of benzene rings is 1. The summed E-state index contributed by atoms with van der Waals surface area (Å²) >= 11 is 6.33. The largest absolute Gasteiger partial charge is 0.433 e. The molecule has 4 rings (SSSR count). The SMILES string of the molecule is Cc1nc(C(F)(F)F)ccc1C(=O)NC1C=C(c2nc3ccc([N+](=O)[O-])cc3[nH]2)C(Cl)=CC1. The van der Waals surface area contributed by atoms with Crippen LogP contribution in [0.3, 0.4) is 0 Å². The summed E-state index contributed by atoms with van der Waals surface area (Å²) in [5.74, 6) is -0.223. The lowest BCUT2D eigenvalue weighted by atomic mass is 10.0. The molecule has 1 aliphatic carbocycles. The Morgan fingerprint density at radius 3 is 2.70 bits per heavy atom. The van der Waals surface area contributed by atoms with Crippen LogP contribution in [0.15, 0.2) is 47.5 Å². The van der Waals surface area contributed by atoms with Gasteiger partial charge >= 0.3 is 6.18 Å². The highest BCUT2D eigenvalue weighted by atomic mass is 35.5. The maximum Gasteiger partial charge on any atom is 0.433 e. The molecule has 0 bridgehead atoms. The van der Waals surface area contributed by atoms with Crippen molar-refractivity contribution in [2.45, 2.75) is 25.6 Å². The Hall–Kier alpha value is -3.73. The number of alkyl halides is 3. The van der Waals surface area contributed by atoms with E-state index in [4.69, 9.17) is 11.6 Å². The third kappa shape index (κ3) is 4.58. The highest BCUT2D eigenvalue weighted by Gasteiger charge is 2.33.